The van der Waals surface area contributed by atoms with Crippen molar-refractivity contribution in [1.82, 2.24) is 0 Å². The molecule has 0 amide bonds. The maximum atomic E-state index is 10.1. The molecule has 0 fully saturated rings. The first kappa shape index (κ1) is 11.6. The Hall–Kier alpha value is -0.930. The van der Waals surface area contributed by atoms with Gasteiger partial charge in [-0.05, 0) is 37.5 Å². The second kappa shape index (κ2) is 3.82. The van der Waals surface area contributed by atoms with Crippen molar-refractivity contribution in [3.63, 3.8) is 0 Å². The molecule has 0 atom stereocenters. The van der Waals surface area contributed by atoms with Gasteiger partial charge in [-0.15, -0.1) is 0 Å². The van der Waals surface area contributed by atoms with Crippen molar-refractivity contribution in [3.05, 3.63) is 22.2 Å². The van der Waals surface area contributed by atoms with Gasteiger partial charge in [0, 0.05) is 0 Å². The van der Waals surface area contributed by atoms with Gasteiger partial charge >= 0.3 is 0 Å². The summed E-state index contributed by atoms with van der Waals surface area (Å²) in [5.41, 5.74) is 0.776. The fourth-order valence-electron chi connectivity index (χ4n) is 1.93. The molecule has 1 heterocycles. The molecule has 1 aromatic rings. The summed E-state index contributed by atoms with van der Waals surface area (Å²) in [4.78, 5) is 0. The van der Waals surface area contributed by atoms with Gasteiger partial charge in [-0.1, -0.05) is 18.5 Å². The molecule has 4 heteroatoms. The quantitative estimate of drug-likeness (QED) is 0.867. The van der Waals surface area contributed by atoms with E-state index in [-0.39, 0.29) is 6.79 Å². The first-order chi connectivity index (χ1) is 7.45. The van der Waals surface area contributed by atoms with Crippen LogP contribution in [0.3, 0.4) is 0 Å². The van der Waals surface area contributed by atoms with Crippen molar-refractivity contribution in [2.45, 2.75) is 32.8 Å². The predicted molar refractivity (Wildman–Crippen MR) is 62.2 cm³/mol. The van der Waals surface area contributed by atoms with E-state index in [2.05, 4.69) is 0 Å². The molecule has 3 nitrogen and oxygen atoms in total. The molecule has 0 radical (unpaired) electrons. The number of benzene rings is 1. The Kier molecular flexibility index (Phi) is 2.76. The van der Waals surface area contributed by atoms with Crippen molar-refractivity contribution in [3.8, 4) is 11.5 Å². The van der Waals surface area contributed by atoms with E-state index >= 15 is 0 Å². The predicted octanol–water partition coefficient (Wildman–Crippen LogP) is 2.86. The lowest BCUT2D eigenvalue weighted by Crippen LogP contribution is -2.18. The maximum absolute atomic E-state index is 10.1. The lowest BCUT2D eigenvalue weighted by molar-refractivity contribution is 0.0774. The number of ether oxygens (including phenoxy) is 2. The molecule has 88 valence electrons. The standard InChI is InChI=1S/C12H15ClO3/c1-4-7-8(12(2,3)14)5-9-11(10(7)13)16-6-15-9/h5,14H,4,6H2,1-3H3. The summed E-state index contributed by atoms with van der Waals surface area (Å²) >= 11 is 6.25. The fraction of sp³-hybridized carbons (Fsp3) is 0.500. The maximum Gasteiger partial charge on any atom is 0.231 e. The Morgan fingerprint density at radius 1 is 1.44 bits per heavy atom. The Bertz CT molecular complexity index is 421. The molecule has 1 N–H and O–H groups in total. The summed E-state index contributed by atoms with van der Waals surface area (Å²) in [7, 11) is 0. The zero-order valence-corrected chi connectivity index (χ0v) is 10.4. The highest BCUT2D eigenvalue weighted by Gasteiger charge is 2.28. The van der Waals surface area contributed by atoms with E-state index in [0.29, 0.717) is 16.5 Å². The van der Waals surface area contributed by atoms with Gasteiger partial charge in [0.05, 0.1) is 10.6 Å². The molecule has 16 heavy (non-hydrogen) atoms. The van der Waals surface area contributed by atoms with Gasteiger partial charge in [0.25, 0.3) is 0 Å². The van der Waals surface area contributed by atoms with Crippen LogP contribution in [0.2, 0.25) is 5.02 Å². The lowest BCUT2D eigenvalue weighted by Gasteiger charge is -2.22. The lowest BCUT2D eigenvalue weighted by atomic mass is 9.91. The third-order valence-electron chi connectivity index (χ3n) is 2.72. The Balaban J connectivity index is 2.66. The number of rotatable bonds is 2. The van der Waals surface area contributed by atoms with E-state index in [1.807, 2.05) is 13.0 Å². The van der Waals surface area contributed by atoms with Crippen LogP contribution < -0.4 is 9.47 Å². The third kappa shape index (κ3) is 1.74. The molecular formula is C12H15ClO3. The zero-order chi connectivity index (χ0) is 11.9. The van der Waals surface area contributed by atoms with Crippen LogP contribution in [0.4, 0.5) is 0 Å². The van der Waals surface area contributed by atoms with Gasteiger partial charge in [-0.25, -0.2) is 0 Å². The minimum absolute atomic E-state index is 0.188. The summed E-state index contributed by atoms with van der Waals surface area (Å²) in [5.74, 6) is 1.20. The summed E-state index contributed by atoms with van der Waals surface area (Å²) in [6.07, 6.45) is 0.745. The van der Waals surface area contributed by atoms with Gasteiger partial charge in [-0.2, -0.15) is 0 Å². The Morgan fingerprint density at radius 2 is 2.12 bits per heavy atom. The van der Waals surface area contributed by atoms with Crippen LogP contribution in [-0.4, -0.2) is 11.9 Å². The number of fused-ring (bicyclic) bond motifs is 1. The van der Waals surface area contributed by atoms with Crippen molar-refractivity contribution >= 4 is 11.6 Å². The van der Waals surface area contributed by atoms with E-state index in [4.69, 9.17) is 21.1 Å². The molecule has 0 aliphatic carbocycles. The van der Waals surface area contributed by atoms with Gasteiger partial charge < -0.3 is 14.6 Å². The molecule has 0 saturated heterocycles. The second-order valence-corrected chi connectivity index (χ2v) is 4.74. The Labute approximate surface area is 99.9 Å². The monoisotopic (exact) mass is 242 g/mol. The summed E-state index contributed by atoms with van der Waals surface area (Å²) in [6, 6.07) is 1.81. The highest BCUT2D eigenvalue weighted by atomic mass is 35.5. The highest BCUT2D eigenvalue weighted by Crippen LogP contribution is 2.45. The first-order valence-corrected chi connectivity index (χ1v) is 5.66. The van der Waals surface area contributed by atoms with Crippen molar-refractivity contribution in [2.24, 2.45) is 0 Å². The fourth-order valence-corrected chi connectivity index (χ4v) is 2.32. The van der Waals surface area contributed by atoms with Crippen molar-refractivity contribution in [1.29, 1.82) is 0 Å². The summed E-state index contributed by atoms with van der Waals surface area (Å²) in [5, 5.41) is 10.7. The SMILES string of the molecule is CCc1c(C(C)(C)O)cc2c(c1Cl)OCO2. The molecular weight excluding hydrogens is 228 g/mol. The molecule has 0 spiro atoms. The second-order valence-electron chi connectivity index (χ2n) is 4.36. The van der Waals surface area contributed by atoms with E-state index in [9.17, 15) is 5.11 Å². The molecule has 0 bridgehead atoms. The Morgan fingerprint density at radius 3 is 2.69 bits per heavy atom. The number of halogens is 1. The van der Waals surface area contributed by atoms with E-state index in [1.165, 1.54) is 0 Å². The average molecular weight is 243 g/mol. The van der Waals surface area contributed by atoms with Crippen LogP contribution >= 0.6 is 11.6 Å². The largest absolute Gasteiger partial charge is 0.454 e. The van der Waals surface area contributed by atoms with Crippen LogP contribution in [0.5, 0.6) is 11.5 Å². The molecule has 1 aromatic carbocycles. The topological polar surface area (TPSA) is 38.7 Å². The normalized spacial score (nSPS) is 14.3. The third-order valence-corrected chi connectivity index (χ3v) is 3.12. The van der Waals surface area contributed by atoms with E-state index in [0.717, 1.165) is 17.5 Å². The molecule has 0 saturated carbocycles. The van der Waals surface area contributed by atoms with E-state index in [1.54, 1.807) is 13.8 Å². The molecule has 1 aliphatic rings. The van der Waals surface area contributed by atoms with E-state index < -0.39 is 5.60 Å². The number of aliphatic hydroxyl groups is 1. The van der Waals surface area contributed by atoms with Gasteiger partial charge in [0.15, 0.2) is 11.5 Å². The van der Waals surface area contributed by atoms with Crippen LogP contribution in [0.15, 0.2) is 6.07 Å². The van der Waals surface area contributed by atoms with Crippen molar-refractivity contribution in [2.75, 3.05) is 6.79 Å². The van der Waals surface area contributed by atoms with Crippen LogP contribution in [0, 0.1) is 0 Å². The minimum Gasteiger partial charge on any atom is -0.454 e. The van der Waals surface area contributed by atoms with Crippen LogP contribution in [0.25, 0.3) is 0 Å². The van der Waals surface area contributed by atoms with Crippen LogP contribution in [0.1, 0.15) is 31.9 Å². The van der Waals surface area contributed by atoms with Crippen LogP contribution in [-0.2, 0) is 12.0 Å². The molecule has 1 aliphatic heterocycles. The minimum atomic E-state index is -0.935. The zero-order valence-electron chi connectivity index (χ0n) is 9.63. The average Bonchev–Trinajstić information content (AvgIpc) is 2.64. The number of hydrogen-bond acceptors (Lipinski definition) is 3. The first-order valence-electron chi connectivity index (χ1n) is 5.29. The molecule has 2 rings (SSSR count). The van der Waals surface area contributed by atoms with Gasteiger partial charge in [0.2, 0.25) is 6.79 Å². The van der Waals surface area contributed by atoms with Crippen molar-refractivity contribution < 1.29 is 14.6 Å². The summed E-state index contributed by atoms with van der Waals surface area (Å²) in [6.45, 7) is 5.66. The number of hydrogen-bond donors (Lipinski definition) is 1. The highest BCUT2D eigenvalue weighted by molar-refractivity contribution is 6.33. The molecule has 0 aromatic heterocycles. The smallest absolute Gasteiger partial charge is 0.231 e. The van der Waals surface area contributed by atoms with Gasteiger partial charge in [0.1, 0.15) is 0 Å². The summed E-state index contributed by atoms with van der Waals surface area (Å²) < 4.78 is 10.6. The molecule has 0 unspecified atom stereocenters. The van der Waals surface area contributed by atoms with Gasteiger partial charge in [-0.3, -0.25) is 0 Å².